The summed E-state index contributed by atoms with van der Waals surface area (Å²) in [6.45, 7) is 0. The van der Waals surface area contributed by atoms with Crippen LogP contribution in [0.5, 0.6) is 11.5 Å². The summed E-state index contributed by atoms with van der Waals surface area (Å²) in [5, 5.41) is 9.59. The molecule has 0 aliphatic carbocycles. The Labute approximate surface area is 136 Å². The van der Waals surface area contributed by atoms with E-state index in [9.17, 15) is 4.79 Å². The quantitative estimate of drug-likeness (QED) is 0.742. The van der Waals surface area contributed by atoms with Gasteiger partial charge in [0.2, 0.25) is 0 Å². The van der Waals surface area contributed by atoms with Gasteiger partial charge in [0.15, 0.2) is 0 Å². The third kappa shape index (κ3) is 4.14. The highest BCUT2D eigenvalue weighted by atomic mass is 35.5. The van der Waals surface area contributed by atoms with E-state index in [0.717, 1.165) is 6.08 Å². The van der Waals surface area contributed by atoms with Gasteiger partial charge < -0.3 is 9.84 Å². The molecular weight excluding hydrogens is 335 g/mol. The summed E-state index contributed by atoms with van der Waals surface area (Å²) in [5.74, 6) is -0.245. The molecule has 0 spiro atoms. The zero-order chi connectivity index (χ0) is 15.4. The van der Waals surface area contributed by atoms with Crippen LogP contribution in [0.25, 0.3) is 6.08 Å². The predicted molar refractivity (Wildman–Crippen MR) is 84.7 cm³/mol. The first kappa shape index (κ1) is 15.7. The number of hydrogen-bond acceptors (Lipinski definition) is 2. The molecule has 2 aromatic rings. The lowest BCUT2D eigenvalue weighted by Crippen LogP contribution is -1.88. The molecule has 0 saturated heterocycles. The van der Waals surface area contributed by atoms with Crippen molar-refractivity contribution in [3.63, 3.8) is 0 Å². The van der Waals surface area contributed by atoms with Crippen molar-refractivity contribution in [1.29, 1.82) is 0 Å². The maximum absolute atomic E-state index is 10.5. The van der Waals surface area contributed by atoms with Gasteiger partial charge in [0, 0.05) is 6.08 Å². The maximum atomic E-state index is 10.5. The van der Waals surface area contributed by atoms with Crippen LogP contribution in [0.1, 0.15) is 5.56 Å². The Hall–Kier alpha value is -1.68. The van der Waals surface area contributed by atoms with Crippen molar-refractivity contribution in [3.8, 4) is 11.5 Å². The first-order valence-electron chi connectivity index (χ1n) is 5.80. The topological polar surface area (TPSA) is 46.5 Å². The lowest BCUT2D eigenvalue weighted by Gasteiger charge is -2.10. The van der Waals surface area contributed by atoms with Crippen LogP contribution in [0.15, 0.2) is 42.5 Å². The summed E-state index contributed by atoms with van der Waals surface area (Å²) in [6, 6.07) is 9.93. The normalized spacial score (nSPS) is 10.8. The van der Waals surface area contributed by atoms with E-state index in [1.807, 2.05) is 0 Å². The minimum absolute atomic E-state index is 0.296. The summed E-state index contributed by atoms with van der Waals surface area (Å²) in [4.78, 5) is 10.5. The Morgan fingerprint density at radius 3 is 2.48 bits per heavy atom. The molecule has 0 aliphatic heterocycles. The molecule has 1 N–H and O–H groups in total. The van der Waals surface area contributed by atoms with Gasteiger partial charge >= 0.3 is 5.97 Å². The third-order valence-electron chi connectivity index (χ3n) is 2.51. The van der Waals surface area contributed by atoms with E-state index in [1.165, 1.54) is 6.08 Å². The number of carboxylic acid groups (broad SMARTS) is 1. The van der Waals surface area contributed by atoms with Crippen molar-refractivity contribution in [2.75, 3.05) is 0 Å². The van der Waals surface area contributed by atoms with Crippen LogP contribution in [0.3, 0.4) is 0 Å². The minimum Gasteiger partial charge on any atom is -0.478 e. The first-order chi connectivity index (χ1) is 9.97. The Morgan fingerprint density at radius 1 is 1.05 bits per heavy atom. The number of ether oxygens (including phenoxy) is 1. The molecule has 0 fully saturated rings. The zero-order valence-electron chi connectivity index (χ0n) is 10.5. The van der Waals surface area contributed by atoms with E-state index < -0.39 is 5.97 Å². The third-order valence-corrected chi connectivity index (χ3v) is 3.61. The van der Waals surface area contributed by atoms with Gasteiger partial charge in [-0.2, -0.15) is 0 Å². The smallest absolute Gasteiger partial charge is 0.328 e. The predicted octanol–water partition coefficient (Wildman–Crippen LogP) is 5.54. The zero-order valence-corrected chi connectivity index (χ0v) is 12.8. The monoisotopic (exact) mass is 342 g/mol. The fraction of sp³-hybridized carbons (Fsp3) is 0. The summed E-state index contributed by atoms with van der Waals surface area (Å²) in [6.07, 6.45) is 2.46. The van der Waals surface area contributed by atoms with Gasteiger partial charge in [0.25, 0.3) is 0 Å². The van der Waals surface area contributed by atoms with Gasteiger partial charge in [-0.05, 0) is 35.9 Å². The molecule has 0 atom stereocenters. The number of hydrogen-bond donors (Lipinski definition) is 1. The largest absolute Gasteiger partial charge is 0.478 e. The van der Waals surface area contributed by atoms with Crippen LogP contribution < -0.4 is 4.74 Å². The van der Waals surface area contributed by atoms with Crippen molar-refractivity contribution < 1.29 is 14.6 Å². The SMILES string of the molecule is O=C(O)/C=C/c1ccc(Oc2cccc(Cl)c2Cl)c(Cl)c1. The summed E-state index contributed by atoms with van der Waals surface area (Å²) < 4.78 is 5.61. The maximum Gasteiger partial charge on any atom is 0.328 e. The average Bonchev–Trinajstić information content (AvgIpc) is 2.44. The summed E-state index contributed by atoms with van der Waals surface area (Å²) in [7, 11) is 0. The van der Waals surface area contributed by atoms with Crippen LogP contribution in [0, 0.1) is 0 Å². The van der Waals surface area contributed by atoms with Gasteiger partial charge in [-0.1, -0.05) is 46.9 Å². The van der Waals surface area contributed by atoms with Crippen LogP contribution in [-0.2, 0) is 4.79 Å². The van der Waals surface area contributed by atoms with Crippen LogP contribution in [0.2, 0.25) is 15.1 Å². The molecule has 108 valence electrons. The molecule has 3 nitrogen and oxygen atoms in total. The molecule has 0 amide bonds. The molecule has 0 aliphatic rings. The molecule has 0 saturated carbocycles. The highest BCUT2D eigenvalue weighted by molar-refractivity contribution is 6.43. The van der Waals surface area contributed by atoms with Gasteiger partial charge in [-0.25, -0.2) is 4.79 Å². The summed E-state index contributed by atoms with van der Waals surface area (Å²) >= 11 is 18.0. The molecule has 6 heteroatoms. The van der Waals surface area contributed by atoms with E-state index >= 15 is 0 Å². The number of rotatable bonds is 4. The highest BCUT2D eigenvalue weighted by Crippen LogP contribution is 2.37. The molecule has 0 radical (unpaired) electrons. The lowest BCUT2D eigenvalue weighted by atomic mass is 10.2. The number of aliphatic carboxylic acids is 1. The van der Waals surface area contributed by atoms with Crippen molar-refractivity contribution >= 4 is 46.8 Å². The van der Waals surface area contributed by atoms with E-state index in [1.54, 1.807) is 36.4 Å². The van der Waals surface area contributed by atoms with Crippen molar-refractivity contribution in [2.24, 2.45) is 0 Å². The minimum atomic E-state index is -1.03. The molecule has 0 unspecified atom stereocenters. The number of benzene rings is 2. The Kier molecular flexibility index (Phi) is 5.12. The van der Waals surface area contributed by atoms with E-state index in [2.05, 4.69) is 0 Å². The van der Waals surface area contributed by atoms with Crippen LogP contribution >= 0.6 is 34.8 Å². The second-order valence-corrected chi connectivity index (χ2v) is 5.21. The van der Waals surface area contributed by atoms with Crippen LogP contribution in [-0.4, -0.2) is 11.1 Å². The second kappa shape index (κ2) is 6.85. The van der Waals surface area contributed by atoms with Gasteiger partial charge in [-0.15, -0.1) is 0 Å². The first-order valence-corrected chi connectivity index (χ1v) is 6.93. The molecule has 21 heavy (non-hydrogen) atoms. The molecule has 2 aromatic carbocycles. The number of carbonyl (C=O) groups is 1. The van der Waals surface area contributed by atoms with Gasteiger partial charge in [0.05, 0.1) is 10.0 Å². The molecule has 0 aromatic heterocycles. The Morgan fingerprint density at radius 2 is 1.81 bits per heavy atom. The highest BCUT2D eigenvalue weighted by Gasteiger charge is 2.09. The van der Waals surface area contributed by atoms with Gasteiger partial charge in [0.1, 0.15) is 16.5 Å². The Bertz CT molecular complexity index is 711. The Balaban J connectivity index is 2.25. The second-order valence-electron chi connectivity index (χ2n) is 4.02. The lowest BCUT2D eigenvalue weighted by molar-refractivity contribution is -0.131. The standard InChI is InChI=1S/C15H9Cl3O3/c16-10-2-1-3-13(15(10)18)21-12-6-4-9(8-11(12)17)5-7-14(19)20/h1-8H,(H,19,20)/b7-5+. The van der Waals surface area contributed by atoms with E-state index in [-0.39, 0.29) is 0 Å². The summed E-state index contributed by atoms with van der Waals surface area (Å²) in [5.41, 5.74) is 0.645. The average molecular weight is 344 g/mol. The number of carboxylic acids is 1. The molecule has 0 heterocycles. The van der Waals surface area contributed by atoms with Crippen molar-refractivity contribution in [2.45, 2.75) is 0 Å². The van der Waals surface area contributed by atoms with E-state index in [4.69, 9.17) is 44.6 Å². The molecule has 2 rings (SSSR count). The molecule has 0 bridgehead atoms. The van der Waals surface area contributed by atoms with Gasteiger partial charge in [-0.3, -0.25) is 0 Å². The fourth-order valence-electron chi connectivity index (χ4n) is 1.55. The fourth-order valence-corrected chi connectivity index (χ4v) is 2.11. The number of halogens is 3. The van der Waals surface area contributed by atoms with E-state index in [0.29, 0.717) is 32.1 Å². The van der Waals surface area contributed by atoms with Crippen LogP contribution in [0.4, 0.5) is 0 Å². The van der Waals surface area contributed by atoms with Crippen molar-refractivity contribution in [1.82, 2.24) is 0 Å². The molecular formula is C15H9Cl3O3. The van der Waals surface area contributed by atoms with Crippen molar-refractivity contribution in [3.05, 3.63) is 63.1 Å².